The van der Waals surface area contributed by atoms with E-state index in [1.807, 2.05) is 36.4 Å². The summed E-state index contributed by atoms with van der Waals surface area (Å²) in [6.07, 6.45) is 0. The molecule has 2 aromatic carbocycles. The van der Waals surface area contributed by atoms with Crippen LogP contribution in [0.25, 0.3) is 0 Å². The third-order valence-corrected chi connectivity index (χ3v) is 4.11. The number of benzene rings is 2. The van der Waals surface area contributed by atoms with Crippen LogP contribution in [0.1, 0.15) is 18.1 Å². The molecule has 0 atom stereocenters. The lowest BCUT2D eigenvalue weighted by Gasteiger charge is -2.14. The summed E-state index contributed by atoms with van der Waals surface area (Å²) >= 11 is 0. The molecule has 0 aliphatic rings. The number of rotatable bonds is 10. The van der Waals surface area contributed by atoms with E-state index in [9.17, 15) is 9.36 Å². The maximum absolute atomic E-state index is 12.5. The predicted octanol–water partition coefficient (Wildman–Crippen LogP) is 4.63. The van der Waals surface area contributed by atoms with Crippen LogP contribution >= 0.6 is 7.60 Å². The van der Waals surface area contributed by atoms with Crippen molar-refractivity contribution in [1.82, 2.24) is 0 Å². The molecule has 0 unspecified atom stereocenters. The Labute approximate surface area is 145 Å². The second kappa shape index (κ2) is 10.1. The van der Waals surface area contributed by atoms with E-state index in [0.29, 0.717) is 0 Å². The molecule has 8 heteroatoms. The van der Waals surface area contributed by atoms with Gasteiger partial charge in [0.2, 0.25) is 0 Å². The van der Waals surface area contributed by atoms with E-state index in [1.54, 1.807) is 31.2 Å². The second-order valence-corrected chi connectivity index (χ2v) is 6.50. The lowest BCUT2D eigenvalue weighted by Crippen LogP contribution is -2.10. The standard InChI is InChI=1S/C17H19O7P/c1-2-20-17(18)25(19,23-21-13-15-9-5-3-6-10-15)24-22-14-16-11-7-4-8-12-16/h3-12H,2,13-14H2,1H3. The monoisotopic (exact) mass is 366 g/mol. The van der Waals surface area contributed by atoms with Crippen molar-refractivity contribution in [3.63, 3.8) is 0 Å². The Morgan fingerprint density at radius 2 is 1.28 bits per heavy atom. The van der Waals surface area contributed by atoms with Gasteiger partial charge in [-0.15, -0.1) is 9.35 Å². The maximum atomic E-state index is 12.5. The van der Waals surface area contributed by atoms with E-state index in [4.69, 9.17) is 23.9 Å². The van der Waals surface area contributed by atoms with Gasteiger partial charge in [0.25, 0.3) is 0 Å². The van der Waals surface area contributed by atoms with Crippen LogP contribution in [-0.2, 0) is 41.6 Å². The molecule has 0 radical (unpaired) electrons. The number of carbonyl (C=O) groups excluding carboxylic acids is 1. The quantitative estimate of drug-likeness (QED) is 0.344. The predicted molar refractivity (Wildman–Crippen MR) is 89.3 cm³/mol. The van der Waals surface area contributed by atoms with E-state index in [0.717, 1.165) is 11.1 Å². The first-order chi connectivity index (χ1) is 12.1. The van der Waals surface area contributed by atoms with Crippen LogP contribution in [0, 0.1) is 0 Å². The van der Waals surface area contributed by atoms with E-state index < -0.39 is 13.3 Å². The topological polar surface area (TPSA) is 80.3 Å². The fourth-order valence-electron chi connectivity index (χ4n) is 1.75. The fourth-order valence-corrected chi connectivity index (χ4v) is 2.57. The Morgan fingerprint density at radius 3 is 1.68 bits per heavy atom. The van der Waals surface area contributed by atoms with Gasteiger partial charge in [0, 0.05) is 0 Å². The van der Waals surface area contributed by atoms with Crippen LogP contribution in [0.4, 0.5) is 4.79 Å². The summed E-state index contributed by atoms with van der Waals surface area (Å²) in [7, 11) is -4.41. The minimum Gasteiger partial charge on any atom is -0.457 e. The smallest absolute Gasteiger partial charge is 0.457 e. The Balaban J connectivity index is 1.90. The van der Waals surface area contributed by atoms with Gasteiger partial charge in [-0.3, -0.25) is 0 Å². The zero-order valence-corrected chi connectivity index (χ0v) is 14.6. The highest BCUT2D eigenvalue weighted by Gasteiger charge is 2.40. The van der Waals surface area contributed by atoms with Crippen LogP contribution in [-0.4, -0.2) is 12.3 Å². The Morgan fingerprint density at radius 1 is 0.840 bits per heavy atom. The third-order valence-electron chi connectivity index (χ3n) is 2.93. The highest BCUT2D eigenvalue weighted by molar-refractivity contribution is 7.71. The zero-order chi connectivity index (χ0) is 18.0. The van der Waals surface area contributed by atoms with E-state index in [-0.39, 0.29) is 19.8 Å². The molecule has 0 amide bonds. The number of carbonyl (C=O) groups is 1. The van der Waals surface area contributed by atoms with Crippen LogP contribution in [0.3, 0.4) is 0 Å². The summed E-state index contributed by atoms with van der Waals surface area (Å²) in [5.41, 5.74) is 0.349. The van der Waals surface area contributed by atoms with Crippen molar-refractivity contribution in [2.24, 2.45) is 0 Å². The van der Waals surface area contributed by atoms with Gasteiger partial charge >= 0.3 is 13.3 Å². The van der Waals surface area contributed by atoms with Crippen molar-refractivity contribution in [2.45, 2.75) is 20.1 Å². The van der Waals surface area contributed by atoms with Crippen LogP contribution < -0.4 is 0 Å². The van der Waals surface area contributed by atoms with Crippen LogP contribution in [0.15, 0.2) is 60.7 Å². The minimum absolute atomic E-state index is 0.00686. The molecular weight excluding hydrogens is 347 g/mol. The summed E-state index contributed by atoms with van der Waals surface area (Å²) in [5.74, 6) is 0. The maximum Gasteiger partial charge on any atom is 0.491 e. The molecule has 0 spiro atoms. The molecule has 0 saturated heterocycles. The SMILES string of the molecule is CCOC(=O)P(=O)(OOCc1ccccc1)OOCc1ccccc1. The Kier molecular flexibility index (Phi) is 7.78. The normalized spacial score (nSPS) is 11.2. The summed E-state index contributed by atoms with van der Waals surface area (Å²) in [5, 5.41) is 0. The summed E-state index contributed by atoms with van der Waals surface area (Å²) in [6, 6.07) is 18.1. The van der Waals surface area contributed by atoms with Gasteiger partial charge < -0.3 is 4.74 Å². The first-order valence-corrected chi connectivity index (χ1v) is 9.16. The van der Waals surface area contributed by atoms with Gasteiger partial charge in [-0.25, -0.2) is 19.1 Å². The molecule has 0 bridgehead atoms. The largest absolute Gasteiger partial charge is 0.491 e. The summed E-state index contributed by atoms with van der Waals surface area (Å²) in [6.45, 7) is 1.53. The summed E-state index contributed by atoms with van der Waals surface area (Å²) < 4.78 is 26.7. The molecule has 134 valence electrons. The van der Waals surface area contributed by atoms with E-state index in [1.165, 1.54) is 0 Å². The van der Waals surface area contributed by atoms with Crippen molar-refractivity contribution in [2.75, 3.05) is 6.61 Å². The minimum atomic E-state index is -4.41. The zero-order valence-electron chi connectivity index (χ0n) is 13.7. The highest BCUT2D eigenvalue weighted by Crippen LogP contribution is 2.51. The van der Waals surface area contributed by atoms with Crippen LogP contribution in [0.2, 0.25) is 0 Å². The molecule has 0 aliphatic heterocycles. The van der Waals surface area contributed by atoms with E-state index in [2.05, 4.69) is 0 Å². The van der Waals surface area contributed by atoms with E-state index >= 15 is 0 Å². The summed E-state index contributed by atoms with van der Waals surface area (Å²) in [4.78, 5) is 21.6. The van der Waals surface area contributed by atoms with Gasteiger partial charge in [-0.05, 0) is 18.1 Å². The molecule has 0 N–H and O–H groups in total. The average Bonchev–Trinajstić information content (AvgIpc) is 2.64. The van der Waals surface area contributed by atoms with Crippen molar-refractivity contribution < 1.29 is 33.2 Å². The Bertz CT molecular complexity index is 641. The molecule has 25 heavy (non-hydrogen) atoms. The highest BCUT2D eigenvalue weighted by atomic mass is 31.2. The van der Waals surface area contributed by atoms with Crippen molar-refractivity contribution in [3.05, 3.63) is 71.8 Å². The lowest BCUT2D eigenvalue weighted by atomic mass is 10.2. The van der Waals surface area contributed by atoms with Gasteiger partial charge in [0.1, 0.15) is 13.2 Å². The van der Waals surface area contributed by atoms with Crippen molar-refractivity contribution in [3.8, 4) is 0 Å². The molecule has 0 aliphatic carbocycles. The molecule has 0 saturated carbocycles. The number of hydrogen-bond donors (Lipinski definition) is 0. The first-order valence-electron chi connectivity index (χ1n) is 7.61. The molecule has 0 heterocycles. The second-order valence-electron chi connectivity index (χ2n) is 4.84. The van der Waals surface area contributed by atoms with Crippen molar-refractivity contribution >= 4 is 13.3 Å². The van der Waals surface area contributed by atoms with Gasteiger partial charge in [0.05, 0.1) is 6.61 Å². The molecule has 0 aromatic heterocycles. The Hall–Kier alpha value is -2.02. The van der Waals surface area contributed by atoms with Crippen molar-refractivity contribution in [1.29, 1.82) is 0 Å². The first kappa shape index (κ1) is 19.3. The molecule has 0 fully saturated rings. The third kappa shape index (κ3) is 6.42. The van der Waals surface area contributed by atoms with Gasteiger partial charge in [-0.1, -0.05) is 60.7 Å². The van der Waals surface area contributed by atoms with Gasteiger partial charge in [0.15, 0.2) is 0 Å². The molecular formula is C17H19O7P. The average molecular weight is 366 g/mol. The molecule has 2 aromatic rings. The molecule has 7 nitrogen and oxygen atoms in total. The number of hydrogen-bond acceptors (Lipinski definition) is 7. The molecule has 2 rings (SSSR count). The number of ether oxygens (including phenoxy) is 1. The van der Waals surface area contributed by atoms with Crippen LogP contribution in [0.5, 0.6) is 0 Å². The lowest BCUT2D eigenvalue weighted by molar-refractivity contribution is -0.274. The van der Waals surface area contributed by atoms with Gasteiger partial charge in [-0.2, -0.15) is 0 Å². The fraction of sp³-hybridized carbons (Fsp3) is 0.235.